The Morgan fingerprint density at radius 1 is 0.622 bits per heavy atom. The maximum absolute atomic E-state index is 10.0. The van der Waals surface area contributed by atoms with Gasteiger partial charge in [-0.3, -0.25) is 0 Å². The first kappa shape index (κ1) is 28.5. The molecule has 2 N–H and O–H groups in total. The summed E-state index contributed by atoms with van der Waals surface area (Å²) in [5.74, 6) is 1.29. The van der Waals surface area contributed by atoms with Crippen molar-refractivity contribution in [2.24, 2.45) is 0 Å². The zero-order valence-electron chi connectivity index (χ0n) is 25.4. The normalized spacial score (nSPS) is 11.4. The van der Waals surface area contributed by atoms with E-state index in [9.17, 15) is 10.2 Å². The van der Waals surface area contributed by atoms with Gasteiger partial charge in [0.15, 0.2) is 23.4 Å². The average molecular weight is 594 g/mol. The van der Waals surface area contributed by atoms with E-state index in [1.807, 2.05) is 54.7 Å². The molecule has 0 radical (unpaired) electrons. The van der Waals surface area contributed by atoms with Crippen LogP contribution >= 0.6 is 0 Å². The van der Waals surface area contributed by atoms with Crippen LogP contribution in [0, 0.1) is 6.92 Å². The van der Waals surface area contributed by atoms with Crippen LogP contribution < -0.4 is 13.9 Å². The molecule has 0 fully saturated rings. The van der Waals surface area contributed by atoms with Gasteiger partial charge in [0, 0.05) is 46.5 Å². The van der Waals surface area contributed by atoms with Crippen LogP contribution in [-0.4, -0.2) is 29.4 Å². The Balaban J connectivity index is 1.56. The second-order valence-corrected chi connectivity index (χ2v) is 11.1. The maximum Gasteiger partial charge on any atom is 0.219 e. The van der Waals surface area contributed by atoms with Gasteiger partial charge < -0.3 is 19.7 Å². The van der Waals surface area contributed by atoms with Crippen LogP contribution in [0.4, 0.5) is 0 Å². The zero-order chi connectivity index (χ0) is 31.1. The van der Waals surface area contributed by atoms with Crippen molar-refractivity contribution in [1.29, 1.82) is 0 Å². The van der Waals surface area contributed by atoms with Crippen molar-refractivity contribution in [3.63, 3.8) is 0 Å². The summed E-state index contributed by atoms with van der Waals surface area (Å²) in [7, 11) is 3.35. The number of ether oxygens (including phenoxy) is 2. The summed E-state index contributed by atoms with van der Waals surface area (Å²) in [6.07, 6.45) is 2.04. The van der Waals surface area contributed by atoms with Crippen LogP contribution in [-0.2, 0) is 13.2 Å². The van der Waals surface area contributed by atoms with Crippen LogP contribution in [0.1, 0.15) is 16.8 Å². The minimum Gasteiger partial charge on any atom is -0.492 e. The van der Waals surface area contributed by atoms with Crippen LogP contribution in [0.15, 0.2) is 109 Å². The largest absolute Gasteiger partial charge is 0.492 e. The minimum atomic E-state index is -0.143. The number of aromatic nitrogens is 2. The molecule has 3 aromatic heterocycles. The lowest BCUT2D eigenvalue weighted by Gasteiger charge is -2.17. The van der Waals surface area contributed by atoms with E-state index in [0.29, 0.717) is 17.1 Å². The lowest BCUT2D eigenvalue weighted by atomic mass is 9.95. The van der Waals surface area contributed by atoms with Crippen LogP contribution in [0.5, 0.6) is 11.5 Å². The molecule has 0 aliphatic carbocycles. The number of nitrogens with zero attached hydrogens (tertiary/aromatic N) is 2. The van der Waals surface area contributed by atoms with Crippen molar-refractivity contribution in [3.8, 4) is 45.1 Å². The number of aryl methyl sites for hydroxylation is 1. The highest BCUT2D eigenvalue weighted by atomic mass is 16.5. The number of methoxy groups -OCH3 is 2. The Labute approximate surface area is 261 Å². The van der Waals surface area contributed by atoms with Gasteiger partial charge in [0.2, 0.25) is 5.52 Å². The smallest absolute Gasteiger partial charge is 0.219 e. The second kappa shape index (κ2) is 11.7. The lowest BCUT2D eigenvalue weighted by Crippen LogP contribution is -2.26. The quantitative estimate of drug-likeness (QED) is 0.114. The monoisotopic (exact) mass is 593 g/mol. The van der Waals surface area contributed by atoms with Crippen molar-refractivity contribution in [2.45, 2.75) is 20.1 Å². The van der Waals surface area contributed by atoms with E-state index in [2.05, 4.69) is 65.9 Å². The summed E-state index contributed by atoms with van der Waals surface area (Å²) in [4.78, 5) is 5.07. The molecular weight excluding hydrogens is 560 g/mol. The molecule has 0 aliphatic rings. The Hall–Kier alpha value is -5.30. The molecule has 6 nitrogen and oxygen atoms in total. The van der Waals surface area contributed by atoms with E-state index >= 15 is 0 Å². The molecule has 0 bridgehead atoms. The molecule has 222 valence electrons. The SMILES string of the molecule is COc1c(-c2cc(-c3ccccc3)nc(-c3ccccc3)c2)cc2c(cc[n+]3c(C)c4cc(CO)c(CO)cc4cc23)c1OC. The molecule has 3 heterocycles. The standard InChI is InChI=1S/C39H33N2O4/c1-24-32-17-30(23-43)29(22-42)16-27(32)20-37-34-21-33(39(45-3)38(44-2)31(34)14-15-41(24)37)28-18-35(25-10-6-4-7-11-25)40-36(19-28)26-12-8-5-9-13-26/h4-21,42-43H,22-23H2,1-3H3/q+1. The summed E-state index contributed by atoms with van der Waals surface area (Å²) in [5, 5.41) is 23.9. The van der Waals surface area contributed by atoms with Gasteiger partial charge in [0.05, 0.1) is 44.2 Å². The first-order valence-corrected chi connectivity index (χ1v) is 14.9. The number of hydrogen-bond acceptors (Lipinski definition) is 5. The van der Waals surface area contributed by atoms with Gasteiger partial charge in [0.1, 0.15) is 0 Å². The van der Waals surface area contributed by atoms with Crippen molar-refractivity contribution >= 4 is 27.1 Å². The Morgan fingerprint density at radius 2 is 1.22 bits per heavy atom. The number of aliphatic hydroxyl groups excluding tert-OH is 2. The average Bonchev–Trinajstić information content (AvgIpc) is 3.10. The van der Waals surface area contributed by atoms with E-state index in [1.54, 1.807) is 14.2 Å². The van der Waals surface area contributed by atoms with Gasteiger partial charge in [-0.15, -0.1) is 0 Å². The third-order valence-corrected chi connectivity index (χ3v) is 8.64. The maximum atomic E-state index is 10.0. The number of hydrogen-bond donors (Lipinski definition) is 2. The van der Waals surface area contributed by atoms with Crippen LogP contribution in [0.2, 0.25) is 0 Å². The summed E-state index contributed by atoms with van der Waals surface area (Å²) in [5.41, 5.74) is 9.06. The van der Waals surface area contributed by atoms with Crippen molar-refractivity contribution < 1.29 is 24.1 Å². The van der Waals surface area contributed by atoms with Gasteiger partial charge in [0.25, 0.3) is 0 Å². The molecule has 0 aliphatic heterocycles. The third kappa shape index (κ3) is 4.85. The fourth-order valence-corrected chi connectivity index (χ4v) is 6.36. The van der Waals surface area contributed by atoms with E-state index < -0.39 is 0 Å². The van der Waals surface area contributed by atoms with Gasteiger partial charge in [-0.25, -0.2) is 4.98 Å². The van der Waals surface area contributed by atoms with Crippen LogP contribution in [0.3, 0.4) is 0 Å². The molecule has 0 saturated carbocycles. The van der Waals surface area contributed by atoms with Gasteiger partial charge in [-0.2, -0.15) is 4.40 Å². The Kier molecular flexibility index (Phi) is 7.37. The van der Waals surface area contributed by atoms with E-state index in [1.165, 1.54) is 0 Å². The van der Waals surface area contributed by atoms with Gasteiger partial charge >= 0.3 is 0 Å². The molecule has 0 unspecified atom stereocenters. The van der Waals surface area contributed by atoms with E-state index in [0.717, 1.165) is 72.0 Å². The summed E-state index contributed by atoms with van der Waals surface area (Å²) >= 11 is 0. The molecule has 0 amide bonds. The summed E-state index contributed by atoms with van der Waals surface area (Å²) in [6.45, 7) is 1.80. The summed E-state index contributed by atoms with van der Waals surface area (Å²) in [6, 6.07) is 34.9. The molecular formula is C39H33N2O4+. The molecule has 45 heavy (non-hydrogen) atoms. The number of rotatable bonds is 7. The second-order valence-electron chi connectivity index (χ2n) is 11.1. The number of aliphatic hydroxyl groups is 2. The Morgan fingerprint density at radius 3 is 1.80 bits per heavy atom. The van der Waals surface area contributed by atoms with Crippen molar-refractivity contribution in [2.75, 3.05) is 14.2 Å². The highest BCUT2D eigenvalue weighted by Gasteiger charge is 2.24. The van der Waals surface area contributed by atoms with Crippen molar-refractivity contribution in [3.05, 3.63) is 126 Å². The highest BCUT2D eigenvalue weighted by Crippen LogP contribution is 2.45. The predicted octanol–water partition coefficient (Wildman–Crippen LogP) is 7.44. The number of pyridine rings is 3. The van der Waals surface area contributed by atoms with Gasteiger partial charge in [-0.05, 0) is 52.4 Å². The number of benzene rings is 4. The molecule has 0 atom stereocenters. The Bertz CT molecular complexity index is 2160. The third-order valence-electron chi connectivity index (χ3n) is 8.64. The number of fused-ring (bicyclic) bond motifs is 4. The predicted molar refractivity (Wildman–Crippen MR) is 178 cm³/mol. The molecule has 0 saturated heterocycles. The van der Waals surface area contributed by atoms with Crippen molar-refractivity contribution in [1.82, 2.24) is 4.98 Å². The zero-order valence-corrected chi connectivity index (χ0v) is 25.4. The van der Waals surface area contributed by atoms with E-state index in [4.69, 9.17) is 14.5 Å². The van der Waals surface area contributed by atoms with Gasteiger partial charge in [-0.1, -0.05) is 60.7 Å². The molecule has 0 spiro atoms. The molecule has 4 aromatic carbocycles. The topological polar surface area (TPSA) is 75.9 Å². The molecule has 7 rings (SSSR count). The van der Waals surface area contributed by atoms with Crippen LogP contribution in [0.25, 0.3) is 60.7 Å². The fourth-order valence-electron chi connectivity index (χ4n) is 6.36. The minimum absolute atomic E-state index is 0.131. The fraction of sp³-hybridized carbons (Fsp3) is 0.128. The molecule has 7 aromatic rings. The highest BCUT2D eigenvalue weighted by molar-refractivity contribution is 6.05. The summed E-state index contributed by atoms with van der Waals surface area (Å²) < 4.78 is 14.3. The van der Waals surface area contributed by atoms with E-state index in [-0.39, 0.29) is 13.2 Å². The first-order valence-electron chi connectivity index (χ1n) is 14.9. The molecule has 6 heteroatoms. The lowest BCUT2D eigenvalue weighted by molar-refractivity contribution is -0.516. The first-order chi connectivity index (χ1) is 22.0.